The van der Waals surface area contributed by atoms with Crippen molar-refractivity contribution < 1.29 is 5.11 Å². The van der Waals surface area contributed by atoms with Gasteiger partial charge in [0, 0.05) is 21.5 Å². The summed E-state index contributed by atoms with van der Waals surface area (Å²) in [7, 11) is 0. The largest absolute Gasteiger partial charge is 0.392 e. The molecule has 0 saturated carbocycles. The van der Waals surface area contributed by atoms with E-state index >= 15 is 0 Å². The highest BCUT2D eigenvalue weighted by Gasteiger charge is 2.11. The van der Waals surface area contributed by atoms with Gasteiger partial charge < -0.3 is 5.11 Å². The van der Waals surface area contributed by atoms with Crippen LogP contribution in [0.2, 0.25) is 0 Å². The lowest BCUT2D eigenvalue weighted by atomic mass is 10.3. The van der Waals surface area contributed by atoms with E-state index in [4.69, 9.17) is 0 Å². The first-order valence-corrected chi connectivity index (χ1v) is 9.22. The first-order chi connectivity index (χ1) is 10.2. The van der Waals surface area contributed by atoms with Crippen LogP contribution in [0.5, 0.6) is 0 Å². The van der Waals surface area contributed by atoms with Crippen molar-refractivity contribution in [1.82, 2.24) is 4.98 Å². The molecule has 1 unspecified atom stereocenters. The van der Waals surface area contributed by atoms with Gasteiger partial charge in [-0.05, 0) is 40.2 Å². The Bertz CT molecular complexity index is 711. The van der Waals surface area contributed by atoms with Gasteiger partial charge in [-0.25, -0.2) is 4.98 Å². The number of hydrogen-bond donors (Lipinski definition) is 1. The Balaban J connectivity index is 1.61. The molecule has 0 aliphatic heterocycles. The van der Waals surface area contributed by atoms with Crippen LogP contribution in [0, 0.1) is 0 Å². The third-order valence-electron chi connectivity index (χ3n) is 3.02. The molecule has 0 radical (unpaired) electrons. The molecular weight excluding hydrogens is 366 g/mol. The quantitative estimate of drug-likeness (QED) is 0.649. The number of thiazole rings is 1. The second-order valence-corrected chi connectivity index (χ2v) is 7.71. The molecule has 1 heterocycles. The maximum absolute atomic E-state index is 10.2. The van der Waals surface area contributed by atoms with Gasteiger partial charge in [0.05, 0.1) is 21.3 Å². The molecule has 2 aromatic carbocycles. The fourth-order valence-electron chi connectivity index (χ4n) is 2.02. The Hall–Kier alpha value is -0.880. The van der Waals surface area contributed by atoms with E-state index in [1.54, 1.807) is 23.1 Å². The second-order valence-electron chi connectivity index (χ2n) is 4.67. The van der Waals surface area contributed by atoms with E-state index in [0.29, 0.717) is 12.2 Å². The number of thioether (sulfide) groups is 1. The molecule has 0 bridgehead atoms. The zero-order valence-electron chi connectivity index (χ0n) is 11.2. The normalized spacial score (nSPS) is 12.7. The Morgan fingerprint density at radius 3 is 2.71 bits per heavy atom. The molecule has 0 spiro atoms. The molecular formula is C16H14BrNOS2. The van der Waals surface area contributed by atoms with E-state index in [9.17, 15) is 5.11 Å². The molecule has 3 aromatic rings. The molecule has 0 amide bonds. The van der Waals surface area contributed by atoms with Crippen molar-refractivity contribution in [1.29, 1.82) is 0 Å². The number of fused-ring (bicyclic) bond motifs is 1. The van der Waals surface area contributed by atoms with E-state index in [2.05, 4.69) is 33.0 Å². The number of para-hydroxylation sites is 1. The number of nitrogens with zero attached hydrogens (tertiary/aromatic N) is 1. The summed E-state index contributed by atoms with van der Waals surface area (Å²) in [6.45, 7) is 0. The fourth-order valence-corrected chi connectivity index (χ4v) is 4.55. The van der Waals surface area contributed by atoms with Crippen molar-refractivity contribution in [3.63, 3.8) is 0 Å². The summed E-state index contributed by atoms with van der Waals surface area (Å²) in [5.74, 6) is 0.665. The predicted octanol–water partition coefficient (Wildman–Crippen LogP) is 4.75. The van der Waals surface area contributed by atoms with Crippen molar-refractivity contribution in [2.45, 2.75) is 17.4 Å². The SMILES string of the molecule is OC(CSc1ccccc1Br)Cc1nc2ccccc2s1. The fraction of sp³-hybridized carbons (Fsp3) is 0.188. The minimum absolute atomic E-state index is 0.386. The molecule has 5 heteroatoms. The van der Waals surface area contributed by atoms with Crippen LogP contribution < -0.4 is 0 Å². The average Bonchev–Trinajstić information content (AvgIpc) is 2.88. The van der Waals surface area contributed by atoms with Crippen LogP contribution in [0.4, 0.5) is 0 Å². The lowest BCUT2D eigenvalue weighted by Gasteiger charge is -2.09. The van der Waals surface area contributed by atoms with Gasteiger partial charge in [0.15, 0.2) is 0 Å². The third-order valence-corrected chi connectivity index (χ3v) is 6.25. The van der Waals surface area contributed by atoms with Crippen molar-refractivity contribution in [3.05, 3.63) is 58.0 Å². The van der Waals surface area contributed by atoms with E-state index in [0.717, 1.165) is 19.9 Å². The number of aliphatic hydroxyl groups excluding tert-OH is 1. The van der Waals surface area contributed by atoms with Crippen molar-refractivity contribution in [3.8, 4) is 0 Å². The van der Waals surface area contributed by atoms with Gasteiger partial charge in [-0.2, -0.15) is 0 Å². The first-order valence-electron chi connectivity index (χ1n) is 6.62. The van der Waals surface area contributed by atoms with Crippen LogP contribution >= 0.6 is 39.0 Å². The van der Waals surface area contributed by atoms with Crippen LogP contribution in [-0.4, -0.2) is 21.9 Å². The number of benzene rings is 2. The zero-order chi connectivity index (χ0) is 14.7. The van der Waals surface area contributed by atoms with E-state index in [1.165, 1.54) is 4.70 Å². The van der Waals surface area contributed by atoms with Crippen LogP contribution in [0.25, 0.3) is 10.2 Å². The number of halogens is 1. The lowest BCUT2D eigenvalue weighted by molar-refractivity contribution is 0.200. The number of rotatable bonds is 5. The lowest BCUT2D eigenvalue weighted by Crippen LogP contribution is -2.13. The molecule has 0 saturated heterocycles. The maximum atomic E-state index is 10.2. The third kappa shape index (κ3) is 3.86. The van der Waals surface area contributed by atoms with Gasteiger partial charge in [0.2, 0.25) is 0 Å². The van der Waals surface area contributed by atoms with Gasteiger partial charge in [0.1, 0.15) is 0 Å². The van der Waals surface area contributed by atoms with Gasteiger partial charge in [-0.15, -0.1) is 23.1 Å². The summed E-state index contributed by atoms with van der Waals surface area (Å²) in [4.78, 5) is 5.72. The Kier molecular flexibility index (Phi) is 4.95. The smallest absolute Gasteiger partial charge is 0.0964 e. The van der Waals surface area contributed by atoms with E-state index < -0.39 is 0 Å². The number of aliphatic hydroxyl groups is 1. The highest BCUT2D eigenvalue weighted by atomic mass is 79.9. The minimum atomic E-state index is -0.386. The Labute approximate surface area is 140 Å². The van der Waals surface area contributed by atoms with Crippen molar-refractivity contribution in [2.24, 2.45) is 0 Å². The molecule has 3 rings (SSSR count). The molecule has 1 N–H and O–H groups in total. The summed E-state index contributed by atoms with van der Waals surface area (Å²) in [5.41, 5.74) is 1.02. The van der Waals surface area contributed by atoms with Crippen molar-refractivity contribution in [2.75, 3.05) is 5.75 Å². The van der Waals surface area contributed by atoms with Gasteiger partial charge in [-0.3, -0.25) is 0 Å². The molecule has 0 aliphatic carbocycles. The Morgan fingerprint density at radius 2 is 1.90 bits per heavy atom. The summed E-state index contributed by atoms with van der Waals surface area (Å²) >= 11 is 6.85. The van der Waals surface area contributed by atoms with Gasteiger partial charge in [-0.1, -0.05) is 24.3 Å². The standard InChI is InChI=1S/C16H14BrNOS2/c17-12-5-1-3-7-14(12)20-10-11(19)9-16-18-13-6-2-4-8-15(13)21-16/h1-8,11,19H,9-10H2. The molecule has 2 nitrogen and oxygen atoms in total. The summed E-state index contributed by atoms with van der Waals surface area (Å²) in [6, 6.07) is 16.2. The number of hydrogen-bond acceptors (Lipinski definition) is 4. The van der Waals surface area contributed by atoms with E-state index in [-0.39, 0.29) is 6.10 Å². The molecule has 0 fully saturated rings. The monoisotopic (exact) mass is 379 g/mol. The van der Waals surface area contributed by atoms with E-state index in [1.807, 2.05) is 36.4 Å². The summed E-state index contributed by atoms with van der Waals surface area (Å²) < 4.78 is 2.25. The molecule has 1 aromatic heterocycles. The van der Waals surface area contributed by atoms with Crippen LogP contribution in [0.15, 0.2) is 57.9 Å². The predicted molar refractivity (Wildman–Crippen MR) is 94.2 cm³/mol. The summed E-state index contributed by atoms with van der Waals surface area (Å²) in [5, 5.41) is 11.2. The zero-order valence-corrected chi connectivity index (χ0v) is 14.4. The molecule has 0 aliphatic rings. The average molecular weight is 380 g/mol. The second kappa shape index (κ2) is 6.92. The first kappa shape index (κ1) is 15.0. The van der Waals surface area contributed by atoms with Gasteiger partial charge in [0.25, 0.3) is 0 Å². The number of aromatic nitrogens is 1. The van der Waals surface area contributed by atoms with Crippen molar-refractivity contribution >= 4 is 49.2 Å². The summed E-state index contributed by atoms with van der Waals surface area (Å²) in [6.07, 6.45) is 0.222. The maximum Gasteiger partial charge on any atom is 0.0964 e. The topological polar surface area (TPSA) is 33.1 Å². The molecule has 108 valence electrons. The molecule has 21 heavy (non-hydrogen) atoms. The molecule has 1 atom stereocenters. The minimum Gasteiger partial charge on any atom is -0.392 e. The van der Waals surface area contributed by atoms with Gasteiger partial charge >= 0.3 is 0 Å². The highest BCUT2D eigenvalue weighted by molar-refractivity contribution is 9.10. The highest BCUT2D eigenvalue weighted by Crippen LogP contribution is 2.28. The van der Waals surface area contributed by atoms with Crippen LogP contribution in [0.1, 0.15) is 5.01 Å². The Morgan fingerprint density at radius 1 is 1.14 bits per heavy atom. The van der Waals surface area contributed by atoms with Crippen LogP contribution in [-0.2, 0) is 6.42 Å². The van der Waals surface area contributed by atoms with Crippen LogP contribution in [0.3, 0.4) is 0 Å².